The number of oxazole rings is 1. The van der Waals surface area contributed by atoms with Crippen LogP contribution in [0.15, 0.2) is 16.5 Å². The van der Waals surface area contributed by atoms with Gasteiger partial charge >= 0.3 is 0 Å². The smallest absolute Gasteiger partial charge is 0.299 e. The van der Waals surface area contributed by atoms with Crippen molar-refractivity contribution in [3.8, 4) is 0 Å². The van der Waals surface area contributed by atoms with Crippen LogP contribution in [0.4, 0.5) is 6.01 Å². The molecule has 0 spiro atoms. The summed E-state index contributed by atoms with van der Waals surface area (Å²) in [6.45, 7) is 7.94. The van der Waals surface area contributed by atoms with Crippen molar-refractivity contribution in [2.45, 2.75) is 51.5 Å². The van der Waals surface area contributed by atoms with Gasteiger partial charge in [0.2, 0.25) is 11.6 Å². The van der Waals surface area contributed by atoms with Crippen molar-refractivity contribution in [3.05, 3.63) is 17.8 Å². The average Bonchev–Trinajstić information content (AvgIpc) is 3.43. The number of nitrogens with zero attached hydrogens (tertiary/aromatic N) is 5. The largest absolute Gasteiger partial charge is 0.422 e. The summed E-state index contributed by atoms with van der Waals surface area (Å²) in [6.07, 6.45) is 6.70. The maximum absolute atomic E-state index is 13.0. The summed E-state index contributed by atoms with van der Waals surface area (Å²) in [5, 5.41) is 0. The van der Waals surface area contributed by atoms with Crippen LogP contribution in [0.25, 0.3) is 11.2 Å². The Bertz CT molecular complexity index is 859. The lowest BCUT2D eigenvalue weighted by molar-refractivity contribution is -0.137. The van der Waals surface area contributed by atoms with Crippen LogP contribution in [-0.4, -0.2) is 71.0 Å². The van der Waals surface area contributed by atoms with Crippen molar-refractivity contribution in [3.63, 3.8) is 0 Å². The third-order valence-corrected chi connectivity index (χ3v) is 6.93. The molecule has 0 aliphatic carbocycles. The Morgan fingerprint density at radius 3 is 2.41 bits per heavy atom. The summed E-state index contributed by atoms with van der Waals surface area (Å²) in [6, 6.07) is 5.20. The molecule has 0 saturated carbocycles. The van der Waals surface area contributed by atoms with Crippen LogP contribution in [-0.2, 0) is 4.79 Å². The second-order valence-electron chi connectivity index (χ2n) is 8.83. The fraction of sp³-hybridized carbons (Fsp3) is 0.682. The number of rotatable bonds is 3. The van der Waals surface area contributed by atoms with E-state index in [4.69, 9.17) is 4.42 Å². The fourth-order valence-electron chi connectivity index (χ4n) is 5.17. The number of pyridine rings is 1. The minimum absolute atomic E-state index is 0.138. The van der Waals surface area contributed by atoms with Gasteiger partial charge in [-0.25, -0.2) is 4.98 Å². The van der Waals surface area contributed by atoms with Gasteiger partial charge < -0.3 is 19.1 Å². The van der Waals surface area contributed by atoms with Crippen LogP contribution in [0.3, 0.4) is 0 Å². The van der Waals surface area contributed by atoms with Gasteiger partial charge in [-0.15, -0.1) is 0 Å². The number of carbonyl (C=O) groups is 1. The topological polar surface area (TPSA) is 65.7 Å². The summed E-state index contributed by atoms with van der Waals surface area (Å²) >= 11 is 0. The Morgan fingerprint density at radius 1 is 0.966 bits per heavy atom. The molecule has 0 aromatic carbocycles. The zero-order valence-corrected chi connectivity index (χ0v) is 17.3. The molecule has 0 bridgehead atoms. The standard InChI is InChI=1S/C22H31N5O2/c1-16-4-5-19-20(23-16)24-22(29-19)27-12-6-17(7-13-27)21(28)26-14-8-18(9-15-26)25-10-2-3-11-25/h4-5,17-18H,2-3,6-15H2,1H3. The molecule has 3 saturated heterocycles. The minimum Gasteiger partial charge on any atom is -0.422 e. The van der Waals surface area contributed by atoms with Crippen LogP contribution in [0.2, 0.25) is 0 Å². The molecule has 7 heteroatoms. The van der Waals surface area contributed by atoms with E-state index in [9.17, 15) is 4.79 Å². The number of aromatic nitrogens is 2. The van der Waals surface area contributed by atoms with E-state index in [1.54, 1.807) is 0 Å². The highest BCUT2D eigenvalue weighted by molar-refractivity contribution is 5.79. The first-order valence-corrected chi connectivity index (χ1v) is 11.2. The molecular formula is C22H31N5O2. The maximum Gasteiger partial charge on any atom is 0.299 e. The molecule has 1 amide bonds. The third kappa shape index (κ3) is 3.84. The summed E-state index contributed by atoms with van der Waals surface area (Å²) in [7, 11) is 0. The van der Waals surface area contributed by atoms with Crippen molar-refractivity contribution in [2.75, 3.05) is 44.2 Å². The number of amides is 1. The van der Waals surface area contributed by atoms with Crippen molar-refractivity contribution in [1.29, 1.82) is 0 Å². The predicted molar refractivity (Wildman–Crippen MR) is 112 cm³/mol. The van der Waals surface area contributed by atoms with E-state index in [2.05, 4.69) is 24.7 Å². The van der Waals surface area contributed by atoms with Crippen molar-refractivity contribution >= 4 is 23.2 Å². The number of fused-ring (bicyclic) bond motifs is 1. The van der Waals surface area contributed by atoms with Crippen LogP contribution < -0.4 is 4.90 Å². The van der Waals surface area contributed by atoms with Gasteiger partial charge in [0.25, 0.3) is 6.01 Å². The van der Waals surface area contributed by atoms with E-state index in [1.807, 2.05) is 19.1 Å². The van der Waals surface area contributed by atoms with E-state index in [-0.39, 0.29) is 5.92 Å². The molecule has 2 aromatic heterocycles. The molecule has 3 fully saturated rings. The average molecular weight is 398 g/mol. The highest BCUT2D eigenvalue weighted by Gasteiger charge is 2.33. The first kappa shape index (κ1) is 18.9. The number of hydrogen-bond acceptors (Lipinski definition) is 6. The van der Waals surface area contributed by atoms with Gasteiger partial charge in [0.05, 0.1) is 0 Å². The van der Waals surface area contributed by atoms with E-state index in [0.717, 1.165) is 63.1 Å². The molecular weight excluding hydrogens is 366 g/mol. The predicted octanol–water partition coefficient (Wildman–Crippen LogP) is 2.83. The quantitative estimate of drug-likeness (QED) is 0.794. The number of hydrogen-bond donors (Lipinski definition) is 0. The monoisotopic (exact) mass is 397 g/mol. The number of aryl methyl sites for hydroxylation is 1. The van der Waals surface area contributed by atoms with Gasteiger partial charge in [-0.1, -0.05) is 0 Å². The number of piperidine rings is 2. The second-order valence-corrected chi connectivity index (χ2v) is 8.83. The minimum atomic E-state index is 0.138. The van der Waals surface area contributed by atoms with Gasteiger partial charge in [-0.2, -0.15) is 4.98 Å². The first-order chi connectivity index (χ1) is 14.2. The highest BCUT2D eigenvalue weighted by Crippen LogP contribution is 2.28. The number of carbonyl (C=O) groups excluding carboxylic acids is 1. The summed E-state index contributed by atoms with van der Waals surface area (Å²) < 4.78 is 5.89. The van der Waals surface area contributed by atoms with Gasteiger partial charge in [-0.05, 0) is 70.7 Å². The molecule has 3 aliphatic heterocycles. The SMILES string of the molecule is Cc1ccc2oc(N3CCC(C(=O)N4CCC(N5CCCC5)CC4)CC3)nc2n1. The van der Waals surface area contributed by atoms with E-state index < -0.39 is 0 Å². The molecule has 3 aliphatic rings. The fourth-order valence-corrected chi connectivity index (χ4v) is 5.17. The molecule has 0 unspecified atom stereocenters. The number of likely N-dealkylation sites (tertiary alicyclic amines) is 2. The Kier molecular flexibility index (Phi) is 5.16. The highest BCUT2D eigenvalue weighted by atomic mass is 16.4. The van der Waals surface area contributed by atoms with Gasteiger partial charge in [0.15, 0.2) is 5.58 Å². The first-order valence-electron chi connectivity index (χ1n) is 11.2. The zero-order chi connectivity index (χ0) is 19.8. The summed E-state index contributed by atoms with van der Waals surface area (Å²) in [4.78, 5) is 28.9. The van der Waals surface area contributed by atoms with Crippen molar-refractivity contribution in [1.82, 2.24) is 19.8 Å². The molecule has 0 atom stereocenters. The molecule has 0 radical (unpaired) electrons. The van der Waals surface area contributed by atoms with Crippen molar-refractivity contribution in [2.24, 2.45) is 5.92 Å². The van der Waals surface area contributed by atoms with Crippen LogP contribution in [0, 0.1) is 12.8 Å². The number of anilines is 1. The maximum atomic E-state index is 13.0. The Hall–Kier alpha value is -2.15. The molecule has 5 rings (SSSR count). The summed E-state index contributed by atoms with van der Waals surface area (Å²) in [5.74, 6) is 0.499. The molecule has 7 nitrogen and oxygen atoms in total. The molecule has 156 valence electrons. The molecule has 2 aromatic rings. The molecule has 5 heterocycles. The van der Waals surface area contributed by atoms with E-state index >= 15 is 0 Å². The summed E-state index contributed by atoms with van der Waals surface area (Å²) in [5.41, 5.74) is 2.33. The normalized spacial score (nSPS) is 22.7. The van der Waals surface area contributed by atoms with Gasteiger partial charge in [0.1, 0.15) is 0 Å². The van der Waals surface area contributed by atoms with E-state index in [0.29, 0.717) is 23.6 Å². The van der Waals surface area contributed by atoms with Crippen LogP contribution in [0.1, 0.15) is 44.2 Å². The third-order valence-electron chi connectivity index (χ3n) is 6.93. The van der Waals surface area contributed by atoms with Crippen LogP contribution in [0.5, 0.6) is 0 Å². The lowest BCUT2D eigenvalue weighted by Crippen LogP contribution is -2.49. The van der Waals surface area contributed by atoms with Gasteiger partial charge in [-0.3, -0.25) is 4.79 Å². The lowest BCUT2D eigenvalue weighted by atomic mass is 9.94. The second kappa shape index (κ2) is 7.94. The van der Waals surface area contributed by atoms with Crippen LogP contribution >= 0.6 is 0 Å². The van der Waals surface area contributed by atoms with Crippen molar-refractivity contribution < 1.29 is 9.21 Å². The Balaban J connectivity index is 1.14. The Labute approximate surface area is 172 Å². The lowest BCUT2D eigenvalue weighted by Gasteiger charge is -2.39. The molecule has 29 heavy (non-hydrogen) atoms. The Morgan fingerprint density at radius 2 is 1.69 bits per heavy atom. The molecule has 0 N–H and O–H groups in total. The van der Waals surface area contributed by atoms with E-state index in [1.165, 1.54) is 25.9 Å². The van der Waals surface area contributed by atoms with Gasteiger partial charge in [0, 0.05) is 43.8 Å². The zero-order valence-electron chi connectivity index (χ0n) is 17.3.